The summed E-state index contributed by atoms with van der Waals surface area (Å²) in [4.78, 5) is 21.6. The van der Waals surface area contributed by atoms with E-state index in [1.54, 1.807) is 0 Å². The van der Waals surface area contributed by atoms with Crippen LogP contribution in [0.1, 0.15) is 22.3 Å². The summed E-state index contributed by atoms with van der Waals surface area (Å²) in [6.45, 7) is 8.39. The van der Waals surface area contributed by atoms with Gasteiger partial charge in [0.2, 0.25) is 0 Å². The summed E-state index contributed by atoms with van der Waals surface area (Å²) < 4.78 is 8.88. The minimum Gasteiger partial charge on any atom is -0.303 e. The molecule has 0 aromatic heterocycles. The molecule has 5 heteroatoms. The molecule has 0 heterocycles. The van der Waals surface area contributed by atoms with E-state index in [9.17, 15) is 0 Å². The van der Waals surface area contributed by atoms with E-state index in [1.165, 1.54) is 22.3 Å². The molecule has 4 nitrogen and oxygen atoms in total. The van der Waals surface area contributed by atoms with Crippen molar-refractivity contribution >= 4 is 7.82 Å². The lowest BCUT2D eigenvalue weighted by atomic mass is 10.2. The largest absolute Gasteiger partial charge is 0.466 e. The van der Waals surface area contributed by atoms with Crippen LogP contribution in [0.3, 0.4) is 0 Å². The summed E-state index contributed by atoms with van der Waals surface area (Å²) in [5, 5.41) is 0. The molecule has 0 atom stereocenters. The van der Waals surface area contributed by atoms with Crippen LogP contribution in [0.5, 0.6) is 0 Å². The molecule has 0 aliphatic heterocycles. The van der Waals surface area contributed by atoms with Crippen molar-refractivity contribution in [2.75, 3.05) is 0 Å². The van der Waals surface area contributed by atoms with E-state index in [0.29, 0.717) is 0 Å². The molecule has 0 saturated carbocycles. The quantitative estimate of drug-likeness (QED) is 0.649. The van der Waals surface area contributed by atoms with Gasteiger partial charge in [0, 0.05) is 0 Å². The molecule has 0 radical (unpaired) electrons. The Morgan fingerprint density at radius 2 is 0.667 bits per heavy atom. The van der Waals surface area contributed by atoms with Gasteiger partial charge in [0.25, 0.3) is 0 Å². The van der Waals surface area contributed by atoms with Crippen molar-refractivity contribution in [3.8, 4) is 0 Å². The minimum atomic E-state index is -4.64. The molecular weight excluding hydrogens is 287 g/mol. The molecule has 0 saturated heterocycles. The van der Waals surface area contributed by atoms with E-state index in [-0.39, 0.29) is 0 Å². The molecule has 0 amide bonds. The fourth-order valence-electron chi connectivity index (χ4n) is 1.27. The molecule has 2 aromatic rings. The second-order valence-electron chi connectivity index (χ2n) is 4.82. The van der Waals surface area contributed by atoms with Crippen molar-refractivity contribution in [3.05, 3.63) is 70.8 Å². The SMILES string of the molecule is Cc1ccc(C)cc1.Cc1ccc(C)cc1.O=P(O)(O)O. The van der Waals surface area contributed by atoms with Gasteiger partial charge in [-0.2, -0.15) is 0 Å². The first-order valence-corrected chi connectivity index (χ1v) is 7.99. The number of rotatable bonds is 0. The van der Waals surface area contributed by atoms with Crippen molar-refractivity contribution in [3.63, 3.8) is 0 Å². The molecule has 0 aliphatic carbocycles. The average Bonchev–Trinajstić information content (AvgIpc) is 2.35. The van der Waals surface area contributed by atoms with Crippen molar-refractivity contribution < 1.29 is 19.2 Å². The van der Waals surface area contributed by atoms with Gasteiger partial charge in [0.1, 0.15) is 0 Å². The third-order valence-electron chi connectivity index (χ3n) is 2.44. The maximum atomic E-state index is 8.88. The number of phosphoric acid groups is 1. The molecule has 0 spiro atoms. The lowest BCUT2D eigenvalue weighted by Gasteiger charge is -1.90. The van der Waals surface area contributed by atoms with Crippen LogP contribution >= 0.6 is 7.82 Å². The van der Waals surface area contributed by atoms with Gasteiger partial charge in [-0.1, -0.05) is 70.8 Å². The monoisotopic (exact) mass is 310 g/mol. The Bertz CT molecular complexity index is 462. The highest BCUT2D eigenvalue weighted by molar-refractivity contribution is 7.45. The van der Waals surface area contributed by atoms with E-state index < -0.39 is 7.82 Å². The summed E-state index contributed by atoms with van der Waals surface area (Å²) in [5.74, 6) is 0. The predicted molar refractivity (Wildman–Crippen MR) is 86.1 cm³/mol. The molecule has 2 rings (SSSR count). The predicted octanol–water partition coefficient (Wildman–Crippen LogP) is 3.68. The smallest absolute Gasteiger partial charge is 0.303 e. The highest BCUT2D eigenvalue weighted by atomic mass is 31.2. The van der Waals surface area contributed by atoms with Crippen LogP contribution in [0.25, 0.3) is 0 Å². The lowest BCUT2D eigenvalue weighted by molar-refractivity contribution is 0.275. The van der Waals surface area contributed by atoms with Crippen LogP contribution < -0.4 is 0 Å². The zero-order valence-corrected chi connectivity index (χ0v) is 13.7. The Morgan fingerprint density at radius 3 is 0.762 bits per heavy atom. The van der Waals surface area contributed by atoms with E-state index in [1.807, 2.05) is 0 Å². The van der Waals surface area contributed by atoms with Crippen LogP contribution in [-0.2, 0) is 4.57 Å². The van der Waals surface area contributed by atoms with Crippen molar-refractivity contribution in [2.24, 2.45) is 0 Å². The third-order valence-corrected chi connectivity index (χ3v) is 2.44. The zero-order chi connectivity index (χ0) is 16.5. The molecule has 0 fully saturated rings. The summed E-state index contributed by atoms with van der Waals surface area (Å²) in [6, 6.07) is 17.0. The van der Waals surface area contributed by atoms with Crippen LogP contribution in [-0.4, -0.2) is 14.7 Å². The maximum Gasteiger partial charge on any atom is 0.466 e. The lowest BCUT2D eigenvalue weighted by Crippen LogP contribution is -1.70. The fourth-order valence-corrected chi connectivity index (χ4v) is 1.27. The van der Waals surface area contributed by atoms with E-state index in [0.717, 1.165) is 0 Å². The zero-order valence-electron chi connectivity index (χ0n) is 12.8. The Hall–Kier alpha value is -1.45. The van der Waals surface area contributed by atoms with Gasteiger partial charge in [0.05, 0.1) is 0 Å². The van der Waals surface area contributed by atoms with Gasteiger partial charge in [-0.3, -0.25) is 0 Å². The number of benzene rings is 2. The van der Waals surface area contributed by atoms with E-state index in [2.05, 4.69) is 76.2 Å². The molecule has 21 heavy (non-hydrogen) atoms. The van der Waals surface area contributed by atoms with Gasteiger partial charge in [-0.25, -0.2) is 4.57 Å². The summed E-state index contributed by atoms with van der Waals surface area (Å²) in [6.07, 6.45) is 0. The Morgan fingerprint density at radius 1 is 0.571 bits per heavy atom. The second kappa shape index (κ2) is 9.48. The average molecular weight is 310 g/mol. The topological polar surface area (TPSA) is 77.8 Å². The van der Waals surface area contributed by atoms with Crippen LogP contribution in [0.15, 0.2) is 48.5 Å². The molecule has 3 N–H and O–H groups in total. The second-order valence-corrected chi connectivity index (χ2v) is 5.85. The molecular formula is C16H23O4P. The van der Waals surface area contributed by atoms with E-state index in [4.69, 9.17) is 19.2 Å². The molecule has 0 unspecified atom stereocenters. The van der Waals surface area contributed by atoms with Crippen LogP contribution in [0.4, 0.5) is 0 Å². The first kappa shape index (κ1) is 19.6. The third kappa shape index (κ3) is 14.8. The highest BCUT2D eigenvalue weighted by Gasteiger charge is 2.00. The Balaban J connectivity index is 0.000000296. The van der Waals surface area contributed by atoms with Crippen LogP contribution in [0, 0.1) is 27.7 Å². The van der Waals surface area contributed by atoms with Crippen LogP contribution in [0.2, 0.25) is 0 Å². The molecule has 116 valence electrons. The van der Waals surface area contributed by atoms with Gasteiger partial charge in [-0.05, 0) is 27.7 Å². The van der Waals surface area contributed by atoms with Crippen molar-refractivity contribution in [1.82, 2.24) is 0 Å². The Kier molecular flexibility index (Phi) is 8.83. The minimum absolute atomic E-state index is 1.33. The van der Waals surface area contributed by atoms with Gasteiger partial charge < -0.3 is 14.7 Å². The van der Waals surface area contributed by atoms with Crippen molar-refractivity contribution in [2.45, 2.75) is 27.7 Å². The fraction of sp³-hybridized carbons (Fsp3) is 0.250. The number of aryl methyl sites for hydroxylation is 4. The molecule has 0 bridgehead atoms. The van der Waals surface area contributed by atoms with Gasteiger partial charge in [-0.15, -0.1) is 0 Å². The number of hydrogen-bond donors (Lipinski definition) is 3. The normalized spacial score (nSPS) is 9.86. The van der Waals surface area contributed by atoms with Crippen molar-refractivity contribution in [1.29, 1.82) is 0 Å². The summed E-state index contributed by atoms with van der Waals surface area (Å²) in [5.41, 5.74) is 5.32. The molecule has 2 aromatic carbocycles. The number of hydrogen-bond acceptors (Lipinski definition) is 1. The standard InChI is InChI=1S/2C8H10.H3O4P/c2*1-7-3-5-8(2)6-4-7;1-5(2,3)4/h2*3-6H,1-2H3;(H3,1,2,3,4). The van der Waals surface area contributed by atoms with Gasteiger partial charge in [0.15, 0.2) is 0 Å². The van der Waals surface area contributed by atoms with Gasteiger partial charge >= 0.3 is 7.82 Å². The Labute approximate surface area is 126 Å². The first-order chi connectivity index (χ1) is 9.58. The molecule has 0 aliphatic rings. The highest BCUT2D eigenvalue weighted by Crippen LogP contribution is 2.25. The first-order valence-electron chi connectivity index (χ1n) is 6.43. The summed E-state index contributed by atoms with van der Waals surface area (Å²) >= 11 is 0. The van der Waals surface area contributed by atoms with E-state index >= 15 is 0 Å². The maximum absolute atomic E-state index is 8.88. The summed E-state index contributed by atoms with van der Waals surface area (Å²) in [7, 11) is -4.64.